The maximum Gasteiger partial charge on any atom is 0.308 e. The summed E-state index contributed by atoms with van der Waals surface area (Å²) in [6.07, 6.45) is 2.03. The van der Waals surface area contributed by atoms with Crippen molar-refractivity contribution in [2.75, 3.05) is 13.1 Å². The molecule has 0 bridgehead atoms. The van der Waals surface area contributed by atoms with E-state index in [4.69, 9.17) is 5.11 Å². The zero-order valence-electron chi connectivity index (χ0n) is 11.0. The number of rotatable bonds is 4. The van der Waals surface area contributed by atoms with Gasteiger partial charge in [0.15, 0.2) is 0 Å². The third kappa shape index (κ3) is 4.02. The maximum absolute atomic E-state index is 12.0. The lowest BCUT2D eigenvalue weighted by Crippen LogP contribution is -2.42. The minimum atomic E-state index is -0.778. The Morgan fingerprint density at radius 2 is 2.00 bits per heavy atom. The largest absolute Gasteiger partial charge is 0.481 e. The number of carbonyl (C=O) groups is 2. The SMILES string of the molecule is CC(C)C(C)CC(=O)N1CCC[C@H](C(=O)O)C1. The Labute approximate surface area is 103 Å². The minimum absolute atomic E-state index is 0.108. The van der Waals surface area contributed by atoms with Gasteiger partial charge in [-0.3, -0.25) is 9.59 Å². The van der Waals surface area contributed by atoms with Crippen molar-refractivity contribution in [2.24, 2.45) is 17.8 Å². The Bertz CT molecular complexity index is 288. The Kier molecular flexibility index (Phi) is 4.97. The van der Waals surface area contributed by atoms with E-state index in [1.165, 1.54) is 0 Å². The van der Waals surface area contributed by atoms with Gasteiger partial charge in [0.25, 0.3) is 0 Å². The number of hydrogen-bond donors (Lipinski definition) is 1. The summed E-state index contributed by atoms with van der Waals surface area (Å²) in [5.41, 5.74) is 0. The molecule has 1 aliphatic rings. The van der Waals surface area contributed by atoms with Crippen molar-refractivity contribution in [3.63, 3.8) is 0 Å². The third-order valence-corrected chi connectivity index (χ3v) is 3.76. The third-order valence-electron chi connectivity index (χ3n) is 3.76. The van der Waals surface area contributed by atoms with Crippen molar-refractivity contribution in [1.82, 2.24) is 4.90 Å². The molecule has 98 valence electrons. The van der Waals surface area contributed by atoms with E-state index in [1.54, 1.807) is 4.90 Å². The zero-order valence-corrected chi connectivity index (χ0v) is 11.0. The number of hydrogen-bond acceptors (Lipinski definition) is 2. The lowest BCUT2D eigenvalue weighted by atomic mass is 9.92. The van der Waals surface area contributed by atoms with Gasteiger partial charge >= 0.3 is 5.97 Å². The molecule has 0 radical (unpaired) electrons. The van der Waals surface area contributed by atoms with E-state index >= 15 is 0 Å². The molecular weight excluding hydrogens is 218 g/mol. The van der Waals surface area contributed by atoms with E-state index in [2.05, 4.69) is 20.8 Å². The van der Waals surface area contributed by atoms with Crippen LogP contribution in [0.15, 0.2) is 0 Å². The molecule has 1 aliphatic heterocycles. The highest BCUT2D eigenvalue weighted by Gasteiger charge is 2.28. The van der Waals surface area contributed by atoms with Gasteiger partial charge in [-0.1, -0.05) is 20.8 Å². The number of nitrogens with zero attached hydrogens (tertiary/aromatic N) is 1. The molecule has 0 aromatic rings. The predicted octanol–water partition coefficient (Wildman–Crippen LogP) is 1.99. The summed E-state index contributed by atoms with van der Waals surface area (Å²) in [5, 5.41) is 8.97. The normalized spacial score (nSPS) is 22.6. The fourth-order valence-corrected chi connectivity index (χ4v) is 2.05. The Balaban J connectivity index is 2.49. The molecular formula is C13H23NO3. The van der Waals surface area contributed by atoms with Gasteiger partial charge in [0.1, 0.15) is 0 Å². The number of carbonyl (C=O) groups excluding carboxylic acids is 1. The monoisotopic (exact) mass is 241 g/mol. The molecule has 1 N–H and O–H groups in total. The van der Waals surface area contributed by atoms with Crippen molar-refractivity contribution in [3.05, 3.63) is 0 Å². The lowest BCUT2D eigenvalue weighted by molar-refractivity contribution is -0.145. The number of aliphatic carboxylic acids is 1. The topological polar surface area (TPSA) is 57.6 Å². The number of carboxylic acids is 1. The first-order valence-corrected chi connectivity index (χ1v) is 6.42. The van der Waals surface area contributed by atoms with E-state index < -0.39 is 5.97 Å². The van der Waals surface area contributed by atoms with Gasteiger partial charge in [0, 0.05) is 19.5 Å². The van der Waals surface area contributed by atoms with Gasteiger partial charge in [-0.25, -0.2) is 0 Å². The van der Waals surface area contributed by atoms with Gasteiger partial charge in [-0.05, 0) is 24.7 Å². The van der Waals surface area contributed by atoms with Crippen LogP contribution < -0.4 is 0 Å². The summed E-state index contributed by atoms with van der Waals surface area (Å²) in [7, 11) is 0. The van der Waals surface area contributed by atoms with E-state index in [9.17, 15) is 9.59 Å². The Hall–Kier alpha value is -1.06. The molecule has 0 spiro atoms. The molecule has 17 heavy (non-hydrogen) atoms. The molecule has 1 fully saturated rings. The average molecular weight is 241 g/mol. The first-order chi connectivity index (χ1) is 7.91. The minimum Gasteiger partial charge on any atom is -0.481 e. The van der Waals surface area contributed by atoms with E-state index in [0.29, 0.717) is 37.8 Å². The quantitative estimate of drug-likeness (QED) is 0.819. The van der Waals surface area contributed by atoms with Gasteiger partial charge in [0.2, 0.25) is 5.91 Å². The highest BCUT2D eigenvalue weighted by atomic mass is 16.4. The van der Waals surface area contributed by atoms with Crippen molar-refractivity contribution < 1.29 is 14.7 Å². The van der Waals surface area contributed by atoms with Crippen LogP contribution in [0, 0.1) is 17.8 Å². The first-order valence-electron chi connectivity index (χ1n) is 6.42. The number of piperidine rings is 1. The first kappa shape index (κ1) is 14.0. The molecule has 1 rings (SSSR count). The highest BCUT2D eigenvalue weighted by Crippen LogP contribution is 2.20. The van der Waals surface area contributed by atoms with E-state index in [0.717, 1.165) is 6.42 Å². The summed E-state index contributed by atoms with van der Waals surface area (Å²) in [6.45, 7) is 7.38. The van der Waals surface area contributed by atoms with Crippen LogP contribution in [0.5, 0.6) is 0 Å². The molecule has 1 heterocycles. The molecule has 2 atom stereocenters. The average Bonchev–Trinajstić information content (AvgIpc) is 2.28. The number of amides is 1. The molecule has 4 nitrogen and oxygen atoms in total. The molecule has 0 aromatic heterocycles. The smallest absolute Gasteiger partial charge is 0.308 e. The highest BCUT2D eigenvalue weighted by molar-refractivity contribution is 5.78. The number of carboxylic acid groups (broad SMARTS) is 1. The molecule has 0 saturated carbocycles. The maximum atomic E-state index is 12.0. The zero-order chi connectivity index (χ0) is 13.0. The van der Waals surface area contributed by atoms with E-state index in [-0.39, 0.29) is 11.8 Å². The van der Waals surface area contributed by atoms with Crippen molar-refractivity contribution >= 4 is 11.9 Å². The predicted molar refractivity (Wildman–Crippen MR) is 65.6 cm³/mol. The van der Waals surface area contributed by atoms with Crippen LogP contribution >= 0.6 is 0 Å². The summed E-state index contributed by atoms with van der Waals surface area (Å²) >= 11 is 0. The fourth-order valence-electron chi connectivity index (χ4n) is 2.05. The standard InChI is InChI=1S/C13H23NO3/c1-9(2)10(3)7-12(15)14-6-4-5-11(8-14)13(16)17/h9-11H,4-8H2,1-3H3,(H,16,17)/t10?,11-/m0/s1. The van der Waals surface area contributed by atoms with Gasteiger partial charge in [-0.15, -0.1) is 0 Å². The van der Waals surface area contributed by atoms with Crippen LogP contribution in [-0.2, 0) is 9.59 Å². The van der Waals surface area contributed by atoms with Crippen LogP contribution in [0.25, 0.3) is 0 Å². The van der Waals surface area contributed by atoms with Gasteiger partial charge in [0.05, 0.1) is 5.92 Å². The van der Waals surface area contributed by atoms with Crippen molar-refractivity contribution in [1.29, 1.82) is 0 Å². The second-order valence-electron chi connectivity index (χ2n) is 5.44. The van der Waals surface area contributed by atoms with Crippen molar-refractivity contribution in [2.45, 2.75) is 40.0 Å². The van der Waals surface area contributed by atoms with Crippen LogP contribution in [0.1, 0.15) is 40.0 Å². The molecule has 1 amide bonds. The summed E-state index contributed by atoms with van der Waals surface area (Å²) in [4.78, 5) is 24.7. The van der Waals surface area contributed by atoms with Crippen LogP contribution in [0.2, 0.25) is 0 Å². The fraction of sp³-hybridized carbons (Fsp3) is 0.846. The molecule has 0 aromatic carbocycles. The summed E-state index contributed by atoms with van der Waals surface area (Å²) in [5.74, 6) is -0.203. The summed E-state index contributed by atoms with van der Waals surface area (Å²) < 4.78 is 0. The Morgan fingerprint density at radius 1 is 1.35 bits per heavy atom. The molecule has 1 unspecified atom stereocenters. The van der Waals surface area contributed by atoms with Crippen LogP contribution in [0.3, 0.4) is 0 Å². The molecule has 4 heteroatoms. The van der Waals surface area contributed by atoms with Gasteiger partial charge < -0.3 is 10.0 Å². The molecule has 1 saturated heterocycles. The molecule has 0 aliphatic carbocycles. The lowest BCUT2D eigenvalue weighted by Gasteiger charge is -2.31. The Morgan fingerprint density at radius 3 is 2.53 bits per heavy atom. The second kappa shape index (κ2) is 6.03. The van der Waals surface area contributed by atoms with E-state index in [1.807, 2.05) is 0 Å². The van der Waals surface area contributed by atoms with Gasteiger partial charge in [-0.2, -0.15) is 0 Å². The van der Waals surface area contributed by atoms with Crippen molar-refractivity contribution in [3.8, 4) is 0 Å². The van der Waals surface area contributed by atoms with Crippen LogP contribution in [0.4, 0.5) is 0 Å². The van der Waals surface area contributed by atoms with Crippen LogP contribution in [-0.4, -0.2) is 35.0 Å². The number of likely N-dealkylation sites (tertiary alicyclic amines) is 1. The second-order valence-corrected chi connectivity index (χ2v) is 5.44. The summed E-state index contributed by atoms with van der Waals surface area (Å²) in [6, 6.07) is 0.